The molecular formula is C22H26ClN4O2S+. The van der Waals surface area contributed by atoms with Crippen molar-refractivity contribution >= 4 is 40.6 Å². The second kappa shape index (κ2) is 10.0. The fourth-order valence-corrected chi connectivity index (χ4v) is 3.75. The molecule has 1 heterocycles. The first-order chi connectivity index (χ1) is 14.4. The molecule has 0 aliphatic heterocycles. The molecule has 0 aliphatic rings. The van der Waals surface area contributed by atoms with E-state index in [9.17, 15) is 9.59 Å². The molecule has 3 rings (SSSR count). The maximum atomic E-state index is 13.0. The minimum Gasteiger partial charge on any atom is -0.346 e. The molecule has 3 aromatic rings. The number of quaternary nitrogens is 1. The van der Waals surface area contributed by atoms with Gasteiger partial charge in [0.15, 0.2) is 4.77 Å². The third-order valence-electron chi connectivity index (χ3n) is 5.26. The second-order valence-electron chi connectivity index (χ2n) is 7.17. The molecule has 3 N–H and O–H groups in total. The van der Waals surface area contributed by atoms with Crippen LogP contribution in [0.1, 0.15) is 29.8 Å². The molecule has 0 atom stereocenters. The highest BCUT2D eigenvalue weighted by molar-refractivity contribution is 7.71. The molecule has 1 aromatic heterocycles. The van der Waals surface area contributed by atoms with Crippen molar-refractivity contribution in [3.05, 3.63) is 73.7 Å². The highest BCUT2D eigenvalue weighted by atomic mass is 35.5. The van der Waals surface area contributed by atoms with Gasteiger partial charge in [-0.2, -0.15) is 0 Å². The van der Waals surface area contributed by atoms with Crippen molar-refractivity contribution in [1.82, 2.24) is 14.9 Å². The Morgan fingerprint density at radius 3 is 2.53 bits per heavy atom. The number of carbonyl (C=O) groups excluding carboxylic acids is 1. The number of likely N-dealkylation sites (N-methyl/N-ethyl adjacent to an activating group) is 1. The van der Waals surface area contributed by atoms with E-state index >= 15 is 0 Å². The molecule has 6 nitrogen and oxygen atoms in total. The van der Waals surface area contributed by atoms with Crippen LogP contribution < -0.4 is 15.8 Å². The largest absolute Gasteiger partial charge is 0.346 e. The predicted molar refractivity (Wildman–Crippen MR) is 123 cm³/mol. The molecule has 0 saturated heterocycles. The molecule has 30 heavy (non-hydrogen) atoms. The maximum absolute atomic E-state index is 13.0. The number of benzene rings is 2. The lowest BCUT2D eigenvalue weighted by Gasteiger charge is -2.15. The van der Waals surface area contributed by atoms with Gasteiger partial charge < -0.3 is 15.2 Å². The average molecular weight is 446 g/mol. The van der Waals surface area contributed by atoms with Crippen molar-refractivity contribution in [2.45, 2.75) is 20.4 Å². The molecule has 0 bridgehead atoms. The van der Waals surface area contributed by atoms with Crippen molar-refractivity contribution in [2.75, 3.05) is 26.2 Å². The zero-order valence-corrected chi connectivity index (χ0v) is 18.7. The van der Waals surface area contributed by atoms with Gasteiger partial charge in [-0.3, -0.25) is 14.2 Å². The van der Waals surface area contributed by atoms with Crippen molar-refractivity contribution in [2.24, 2.45) is 0 Å². The van der Waals surface area contributed by atoms with Crippen LogP contribution in [0.2, 0.25) is 5.02 Å². The summed E-state index contributed by atoms with van der Waals surface area (Å²) in [6.45, 7) is 8.15. The second-order valence-corrected chi connectivity index (χ2v) is 7.99. The molecular weight excluding hydrogens is 420 g/mol. The quantitative estimate of drug-likeness (QED) is 0.466. The normalized spacial score (nSPS) is 11.2. The van der Waals surface area contributed by atoms with Gasteiger partial charge in [-0.15, -0.1) is 0 Å². The maximum Gasteiger partial charge on any atom is 0.262 e. The molecule has 158 valence electrons. The Hall–Kier alpha value is -2.48. The summed E-state index contributed by atoms with van der Waals surface area (Å²) >= 11 is 11.3. The number of aromatic amines is 1. The molecule has 1 amide bonds. The van der Waals surface area contributed by atoms with Gasteiger partial charge in [0.25, 0.3) is 11.5 Å². The molecule has 0 saturated carbocycles. The number of nitrogens with one attached hydrogen (secondary N) is 3. The van der Waals surface area contributed by atoms with Gasteiger partial charge in [0.1, 0.15) is 0 Å². The van der Waals surface area contributed by atoms with Gasteiger partial charge in [0.05, 0.1) is 43.6 Å². The lowest BCUT2D eigenvalue weighted by molar-refractivity contribution is -0.895. The van der Waals surface area contributed by atoms with E-state index in [0.717, 1.165) is 25.2 Å². The smallest absolute Gasteiger partial charge is 0.262 e. The van der Waals surface area contributed by atoms with Crippen LogP contribution in [-0.2, 0) is 6.54 Å². The van der Waals surface area contributed by atoms with Crippen molar-refractivity contribution in [3.63, 3.8) is 0 Å². The first kappa shape index (κ1) is 22.2. The summed E-state index contributed by atoms with van der Waals surface area (Å²) in [5, 5.41) is 4.07. The lowest BCUT2D eigenvalue weighted by atomic mass is 10.1. The summed E-state index contributed by atoms with van der Waals surface area (Å²) in [5.41, 5.74) is 1.78. The van der Waals surface area contributed by atoms with E-state index in [1.165, 1.54) is 9.47 Å². The van der Waals surface area contributed by atoms with E-state index in [1.807, 2.05) is 12.1 Å². The third kappa shape index (κ3) is 5.16. The standard InChI is InChI=1S/C22H25ClN4O2S/c1-3-26(4-2)12-11-24-20(28)16-7-10-18-19(13-16)25-22(30)27(21(18)29)14-15-5-8-17(23)9-6-15/h5-10,13H,3-4,11-12,14H2,1-2H3,(H,24,28)(H,25,30)/p+1. The highest BCUT2D eigenvalue weighted by Crippen LogP contribution is 2.13. The number of hydrogen-bond donors (Lipinski definition) is 3. The molecule has 0 unspecified atom stereocenters. The van der Waals surface area contributed by atoms with Crippen molar-refractivity contribution in [1.29, 1.82) is 0 Å². The number of fused-ring (bicyclic) bond motifs is 1. The Morgan fingerprint density at radius 2 is 1.87 bits per heavy atom. The fourth-order valence-electron chi connectivity index (χ4n) is 3.37. The van der Waals surface area contributed by atoms with E-state index in [4.69, 9.17) is 23.8 Å². The molecule has 8 heteroatoms. The minimum absolute atomic E-state index is 0.159. The third-order valence-corrected chi connectivity index (χ3v) is 5.84. The van der Waals surface area contributed by atoms with Crippen LogP contribution in [-0.4, -0.2) is 41.6 Å². The Morgan fingerprint density at radius 1 is 1.17 bits per heavy atom. The Labute approximate surface area is 185 Å². The number of halogens is 1. The molecule has 2 aromatic carbocycles. The van der Waals surface area contributed by atoms with Crippen molar-refractivity contribution < 1.29 is 9.69 Å². The number of hydrogen-bond acceptors (Lipinski definition) is 3. The summed E-state index contributed by atoms with van der Waals surface area (Å²) in [4.78, 5) is 30.0. The van der Waals surface area contributed by atoms with Crippen molar-refractivity contribution in [3.8, 4) is 0 Å². The topological polar surface area (TPSA) is 71.3 Å². The van der Waals surface area contributed by atoms with E-state index in [1.54, 1.807) is 30.3 Å². The Balaban J connectivity index is 1.82. The van der Waals surface area contributed by atoms with E-state index in [0.29, 0.717) is 39.3 Å². The molecule has 0 radical (unpaired) electrons. The van der Waals surface area contributed by atoms with Crippen LogP contribution in [0, 0.1) is 4.77 Å². The first-order valence-corrected chi connectivity index (χ1v) is 10.8. The Kier molecular flexibility index (Phi) is 7.42. The number of H-pyrrole nitrogens is 1. The van der Waals surface area contributed by atoms with Gasteiger partial charge in [-0.1, -0.05) is 23.7 Å². The van der Waals surface area contributed by atoms with Crippen LogP contribution in [0.4, 0.5) is 0 Å². The summed E-state index contributed by atoms with van der Waals surface area (Å²) in [6, 6.07) is 12.3. The molecule has 0 aliphatic carbocycles. The van der Waals surface area contributed by atoms with Crippen LogP contribution in [0.25, 0.3) is 10.9 Å². The van der Waals surface area contributed by atoms with E-state index in [-0.39, 0.29) is 11.5 Å². The van der Waals surface area contributed by atoms with Crippen LogP contribution in [0.3, 0.4) is 0 Å². The zero-order valence-electron chi connectivity index (χ0n) is 17.1. The van der Waals surface area contributed by atoms with E-state index in [2.05, 4.69) is 24.1 Å². The SMILES string of the molecule is CC[NH+](CC)CCNC(=O)c1ccc2c(=O)n(Cc3ccc(Cl)cc3)c(=S)[nH]c2c1. The number of amides is 1. The summed E-state index contributed by atoms with van der Waals surface area (Å²) < 4.78 is 1.82. The minimum atomic E-state index is -0.194. The average Bonchev–Trinajstić information content (AvgIpc) is 2.75. The number of carbonyl (C=O) groups is 1. The monoisotopic (exact) mass is 445 g/mol. The lowest BCUT2D eigenvalue weighted by Crippen LogP contribution is -3.12. The number of aromatic nitrogens is 2. The van der Waals surface area contributed by atoms with Crippen LogP contribution in [0.15, 0.2) is 47.3 Å². The summed E-state index contributed by atoms with van der Waals surface area (Å²) in [5.74, 6) is -0.159. The summed E-state index contributed by atoms with van der Waals surface area (Å²) in [6.07, 6.45) is 0. The van der Waals surface area contributed by atoms with Crippen LogP contribution >= 0.6 is 23.8 Å². The van der Waals surface area contributed by atoms with Gasteiger partial charge in [0.2, 0.25) is 0 Å². The number of rotatable bonds is 8. The summed E-state index contributed by atoms with van der Waals surface area (Å²) in [7, 11) is 0. The van der Waals surface area contributed by atoms with Gasteiger partial charge in [-0.25, -0.2) is 0 Å². The predicted octanol–water partition coefficient (Wildman–Crippen LogP) is 2.42. The van der Waals surface area contributed by atoms with Gasteiger partial charge in [0, 0.05) is 10.6 Å². The van der Waals surface area contributed by atoms with E-state index < -0.39 is 0 Å². The van der Waals surface area contributed by atoms with Gasteiger partial charge >= 0.3 is 0 Å². The molecule has 0 spiro atoms. The Bertz CT molecular complexity index is 1150. The fraction of sp³-hybridized carbons (Fsp3) is 0.318. The van der Waals surface area contributed by atoms with Crippen LogP contribution in [0.5, 0.6) is 0 Å². The van der Waals surface area contributed by atoms with Gasteiger partial charge in [-0.05, 0) is 62.0 Å². The zero-order chi connectivity index (χ0) is 21.7. The first-order valence-electron chi connectivity index (χ1n) is 10.1. The molecule has 0 fully saturated rings. The highest BCUT2D eigenvalue weighted by Gasteiger charge is 2.11. The number of nitrogens with zero attached hydrogens (tertiary/aromatic N) is 1.